The van der Waals surface area contributed by atoms with Crippen LogP contribution in [0.2, 0.25) is 0 Å². The molecule has 0 bridgehead atoms. The molecule has 9 heteroatoms. The number of hydrogen-bond acceptors (Lipinski definition) is 6. The summed E-state index contributed by atoms with van der Waals surface area (Å²) in [5.74, 6) is 0.0719. The third-order valence-corrected chi connectivity index (χ3v) is 4.34. The molecule has 1 aromatic heterocycles. The smallest absolute Gasteiger partial charge is 0.406 e. The van der Waals surface area contributed by atoms with E-state index in [1.54, 1.807) is 11.5 Å². The van der Waals surface area contributed by atoms with Crippen LogP contribution < -0.4 is 5.32 Å². The van der Waals surface area contributed by atoms with Crippen molar-refractivity contribution in [3.05, 3.63) is 15.9 Å². The van der Waals surface area contributed by atoms with Gasteiger partial charge in [0, 0.05) is 25.6 Å². The Kier molecular flexibility index (Phi) is 5.19. The van der Waals surface area contributed by atoms with Crippen LogP contribution in [-0.2, 0) is 11.3 Å². The molecule has 0 spiro atoms. The zero-order valence-corrected chi connectivity index (χ0v) is 13.7. The monoisotopic (exact) mass is 325 g/mol. The van der Waals surface area contributed by atoms with Gasteiger partial charge in [-0.05, 0) is 36.2 Å². The van der Waals surface area contributed by atoms with Gasteiger partial charge in [0.25, 0.3) is 0 Å². The molecule has 0 unspecified atom stereocenters. The average molecular weight is 325 g/mol. The number of nitrogens with zero attached hydrogens (tertiary/aromatic N) is 4. The van der Waals surface area contributed by atoms with Gasteiger partial charge in [0.15, 0.2) is 0 Å². The van der Waals surface area contributed by atoms with Crippen molar-refractivity contribution in [1.29, 1.82) is 0 Å². The number of likely N-dealkylation sites (N-methyl/N-ethyl adjacent to an activating group) is 1. The molecule has 0 atom stereocenters. The van der Waals surface area contributed by atoms with E-state index >= 15 is 0 Å². The van der Waals surface area contributed by atoms with Crippen LogP contribution in [-0.4, -0.2) is 55.6 Å². The third kappa shape index (κ3) is 3.61. The van der Waals surface area contributed by atoms with Crippen LogP contribution in [0.15, 0.2) is 0 Å². The molecule has 0 amide bonds. The molecule has 1 aromatic rings. The van der Waals surface area contributed by atoms with Crippen molar-refractivity contribution in [3.8, 4) is 0 Å². The Labute approximate surface area is 134 Å². The summed E-state index contributed by atoms with van der Waals surface area (Å²) >= 11 is 0. The minimum atomic E-state index is -0.835. The van der Waals surface area contributed by atoms with Crippen molar-refractivity contribution >= 4 is 17.6 Å². The van der Waals surface area contributed by atoms with Crippen LogP contribution in [0.1, 0.15) is 32.5 Å². The van der Waals surface area contributed by atoms with Gasteiger partial charge in [0.1, 0.15) is 0 Å². The van der Waals surface area contributed by atoms with E-state index in [-0.39, 0.29) is 24.4 Å². The van der Waals surface area contributed by atoms with E-state index in [4.69, 9.17) is 5.11 Å². The molecular weight excluding hydrogens is 302 g/mol. The Hall–Kier alpha value is -2.16. The van der Waals surface area contributed by atoms with Crippen LogP contribution in [0.4, 0.5) is 11.6 Å². The van der Waals surface area contributed by atoms with E-state index in [1.165, 1.54) is 0 Å². The second-order valence-corrected chi connectivity index (χ2v) is 5.76. The Morgan fingerprint density at radius 1 is 1.52 bits per heavy atom. The molecule has 1 aliphatic rings. The number of carbonyl (C=O) groups is 1. The maximum Gasteiger partial charge on any atom is 0.406 e. The maximum absolute atomic E-state index is 11.1. The van der Waals surface area contributed by atoms with Crippen LogP contribution in [0, 0.1) is 17.0 Å². The highest BCUT2D eigenvalue weighted by molar-refractivity contribution is 5.69. The summed E-state index contributed by atoms with van der Waals surface area (Å²) in [6.45, 7) is 6.90. The Balaban J connectivity index is 2.03. The van der Waals surface area contributed by atoms with Gasteiger partial charge in [-0.25, -0.2) is 0 Å². The minimum Gasteiger partial charge on any atom is -0.480 e. The molecule has 1 heterocycles. The lowest BCUT2D eigenvalue weighted by molar-refractivity contribution is -0.388. The summed E-state index contributed by atoms with van der Waals surface area (Å²) in [7, 11) is 0. The van der Waals surface area contributed by atoms with Gasteiger partial charge in [0.05, 0.1) is 6.54 Å². The van der Waals surface area contributed by atoms with E-state index in [2.05, 4.69) is 10.3 Å². The number of aromatic nitrogens is 2. The van der Waals surface area contributed by atoms with Gasteiger partial charge in [-0.3, -0.25) is 14.3 Å². The molecule has 1 fully saturated rings. The highest BCUT2D eigenvalue weighted by Gasteiger charge is 2.36. The second kappa shape index (κ2) is 6.95. The zero-order chi connectivity index (χ0) is 17.1. The fourth-order valence-electron chi connectivity index (χ4n) is 3.08. The van der Waals surface area contributed by atoms with Crippen LogP contribution >= 0.6 is 0 Å². The zero-order valence-electron chi connectivity index (χ0n) is 13.7. The average Bonchev–Trinajstić information content (AvgIpc) is 2.76. The SMILES string of the molecule is CCN(CC(=O)O)C1CC(Nc2c([N+](=O)[O-])nc(C)n2CC)C1. The van der Waals surface area contributed by atoms with Gasteiger partial charge in [-0.1, -0.05) is 6.92 Å². The van der Waals surface area contributed by atoms with Crippen LogP contribution in [0.3, 0.4) is 0 Å². The summed E-state index contributed by atoms with van der Waals surface area (Å²) in [5, 5.41) is 23.3. The van der Waals surface area contributed by atoms with Crippen molar-refractivity contribution in [2.45, 2.75) is 52.2 Å². The molecule has 23 heavy (non-hydrogen) atoms. The number of nitro groups is 1. The molecule has 0 saturated heterocycles. The second-order valence-electron chi connectivity index (χ2n) is 5.76. The molecule has 0 aliphatic heterocycles. The van der Waals surface area contributed by atoms with Crippen molar-refractivity contribution in [3.63, 3.8) is 0 Å². The molecule has 0 aromatic carbocycles. The van der Waals surface area contributed by atoms with E-state index in [9.17, 15) is 14.9 Å². The minimum absolute atomic E-state index is 0.0278. The Morgan fingerprint density at radius 3 is 2.65 bits per heavy atom. The molecule has 128 valence electrons. The number of carboxylic acid groups (broad SMARTS) is 1. The summed E-state index contributed by atoms with van der Waals surface area (Å²) in [6, 6.07) is 0.301. The van der Waals surface area contributed by atoms with Gasteiger partial charge in [-0.15, -0.1) is 0 Å². The first-order valence-electron chi connectivity index (χ1n) is 7.81. The lowest BCUT2D eigenvalue weighted by atomic mass is 9.85. The summed E-state index contributed by atoms with van der Waals surface area (Å²) in [6.07, 6.45) is 1.54. The first-order chi connectivity index (χ1) is 10.9. The molecule has 0 radical (unpaired) electrons. The standard InChI is InChI=1S/C14H23N5O4/c1-4-17(8-12(20)21)11-6-10(7-11)16-13-14(19(22)23)15-9(3)18(13)5-2/h10-11,16H,4-8H2,1-3H3,(H,20,21). The number of carboxylic acids is 1. The largest absolute Gasteiger partial charge is 0.480 e. The van der Waals surface area contributed by atoms with Crippen molar-refractivity contribution < 1.29 is 14.8 Å². The van der Waals surface area contributed by atoms with E-state index in [0.29, 0.717) is 24.7 Å². The van der Waals surface area contributed by atoms with Crippen LogP contribution in [0.5, 0.6) is 0 Å². The summed E-state index contributed by atoms with van der Waals surface area (Å²) in [5.41, 5.74) is 0. The van der Waals surface area contributed by atoms with Crippen molar-refractivity contribution in [2.75, 3.05) is 18.4 Å². The van der Waals surface area contributed by atoms with Crippen molar-refractivity contribution in [2.24, 2.45) is 0 Å². The fraction of sp³-hybridized carbons (Fsp3) is 0.714. The van der Waals surface area contributed by atoms with E-state index in [1.807, 2.05) is 18.7 Å². The summed E-state index contributed by atoms with van der Waals surface area (Å²) < 4.78 is 1.79. The number of aryl methyl sites for hydroxylation is 1. The van der Waals surface area contributed by atoms with E-state index < -0.39 is 10.9 Å². The third-order valence-electron chi connectivity index (χ3n) is 4.34. The number of rotatable bonds is 8. The number of imidazole rings is 1. The normalized spacial score (nSPS) is 20.3. The molecule has 2 N–H and O–H groups in total. The number of nitrogens with one attached hydrogen (secondary N) is 1. The highest BCUT2D eigenvalue weighted by atomic mass is 16.6. The first-order valence-corrected chi connectivity index (χ1v) is 7.81. The quantitative estimate of drug-likeness (QED) is 0.549. The lowest BCUT2D eigenvalue weighted by Gasteiger charge is -2.42. The lowest BCUT2D eigenvalue weighted by Crippen LogP contribution is -2.51. The topological polar surface area (TPSA) is 114 Å². The fourth-order valence-corrected chi connectivity index (χ4v) is 3.08. The Bertz CT molecular complexity index is 594. The highest BCUT2D eigenvalue weighted by Crippen LogP contribution is 2.32. The van der Waals surface area contributed by atoms with Gasteiger partial charge >= 0.3 is 11.8 Å². The van der Waals surface area contributed by atoms with Gasteiger partial charge in [-0.2, -0.15) is 0 Å². The number of aliphatic carboxylic acids is 1. The summed E-state index contributed by atoms with van der Waals surface area (Å²) in [4.78, 5) is 27.5. The Morgan fingerprint density at radius 2 is 2.17 bits per heavy atom. The predicted molar refractivity (Wildman–Crippen MR) is 84.6 cm³/mol. The van der Waals surface area contributed by atoms with Gasteiger partial charge in [0.2, 0.25) is 11.6 Å². The molecule has 1 aliphatic carbocycles. The van der Waals surface area contributed by atoms with E-state index in [0.717, 1.165) is 12.8 Å². The number of anilines is 1. The molecule has 1 saturated carbocycles. The molecule has 2 rings (SSSR count). The van der Waals surface area contributed by atoms with Gasteiger partial charge < -0.3 is 20.5 Å². The number of hydrogen-bond donors (Lipinski definition) is 2. The van der Waals surface area contributed by atoms with Crippen LogP contribution in [0.25, 0.3) is 0 Å². The first kappa shape index (κ1) is 17.2. The molecular formula is C14H23N5O4. The van der Waals surface area contributed by atoms with Crippen molar-refractivity contribution in [1.82, 2.24) is 14.5 Å². The maximum atomic E-state index is 11.1. The molecule has 9 nitrogen and oxygen atoms in total. The predicted octanol–water partition coefficient (Wildman–Crippen LogP) is 1.47.